The molecule has 0 aromatic heterocycles. The molecule has 1 nitrogen and oxygen atoms in total. The monoisotopic (exact) mass is 341 g/mol. The fourth-order valence-corrected chi connectivity index (χ4v) is 4.07. The number of benzene rings is 1. The van der Waals surface area contributed by atoms with Gasteiger partial charge in [0.05, 0.1) is 0 Å². The summed E-state index contributed by atoms with van der Waals surface area (Å²) in [5.41, 5.74) is 7.81. The van der Waals surface area contributed by atoms with E-state index in [0.29, 0.717) is 6.04 Å². The highest BCUT2D eigenvalue weighted by atomic mass is 127. The second-order valence-electron chi connectivity index (χ2n) is 5.68. The van der Waals surface area contributed by atoms with E-state index in [1.807, 2.05) is 0 Å². The second-order valence-corrected chi connectivity index (χ2v) is 6.93. The molecule has 3 rings (SSSR count). The molecule has 0 aliphatic heterocycles. The predicted molar refractivity (Wildman–Crippen MR) is 79.8 cm³/mol. The normalized spacial score (nSPS) is 32.9. The standard InChI is InChI=1S/C15H20IN/c16-11-7-5-10(6-8-11)9-14(17)15-12-3-1-2-4-13(12)15/h5-8,12-15H,1-4,9,17H2. The molecule has 2 N–H and O–H groups in total. The summed E-state index contributed by atoms with van der Waals surface area (Å²) in [5.74, 6) is 2.78. The molecule has 0 radical (unpaired) electrons. The molecule has 17 heavy (non-hydrogen) atoms. The lowest BCUT2D eigenvalue weighted by molar-refractivity contribution is 0.480. The highest BCUT2D eigenvalue weighted by Crippen LogP contribution is 2.56. The zero-order valence-electron chi connectivity index (χ0n) is 10.1. The van der Waals surface area contributed by atoms with E-state index in [9.17, 15) is 0 Å². The van der Waals surface area contributed by atoms with Crippen molar-refractivity contribution in [2.24, 2.45) is 23.5 Å². The summed E-state index contributed by atoms with van der Waals surface area (Å²) in [5, 5.41) is 0. The van der Waals surface area contributed by atoms with Crippen LogP contribution in [0.15, 0.2) is 24.3 Å². The number of fused-ring (bicyclic) bond motifs is 1. The van der Waals surface area contributed by atoms with E-state index in [2.05, 4.69) is 46.9 Å². The SMILES string of the molecule is NC(Cc1ccc(I)cc1)C1C2CCCCC21. The van der Waals surface area contributed by atoms with Gasteiger partial charge in [0.2, 0.25) is 0 Å². The van der Waals surface area contributed by atoms with Crippen LogP contribution in [0.25, 0.3) is 0 Å². The van der Waals surface area contributed by atoms with Crippen molar-refractivity contribution in [2.75, 3.05) is 0 Å². The molecule has 1 aromatic rings. The third-order valence-electron chi connectivity index (χ3n) is 4.60. The van der Waals surface area contributed by atoms with Crippen molar-refractivity contribution in [3.63, 3.8) is 0 Å². The minimum absolute atomic E-state index is 0.392. The molecule has 2 aliphatic carbocycles. The summed E-state index contributed by atoms with van der Waals surface area (Å²) < 4.78 is 1.31. The van der Waals surface area contributed by atoms with Gasteiger partial charge in [-0.05, 0) is 77.3 Å². The summed E-state index contributed by atoms with van der Waals surface area (Å²) in [6.07, 6.45) is 6.82. The number of halogens is 1. The first-order valence-electron chi connectivity index (χ1n) is 6.76. The van der Waals surface area contributed by atoms with Gasteiger partial charge in [-0.25, -0.2) is 0 Å². The van der Waals surface area contributed by atoms with Crippen LogP contribution in [0.1, 0.15) is 31.2 Å². The molecular formula is C15H20IN. The summed E-state index contributed by atoms with van der Waals surface area (Å²) in [6.45, 7) is 0. The molecule has 0 saturated heterocycles. The molecule has 1 aromatic carbocycles. The maximum Gasteiger partial charge on any atom is 0.0130 e. The van der Waals surface area contributed by atoms with Gasteiger partial charge in [-0.15, -0.1) is 0 Å². The lowest BCUT2D eigenvalue weighted by Gasteiger charge is -2.11. The fraction of sp³-hybridized carbons (Fsp3) is 0.600. The Morgan fingerprint density at radius 1 is 1.12 bits per heavy atom. The van der Waals surface area contributed by atoms with Crippen LogP contribution in [-0.2, 0) is 6.42 Å². The van der Waals surface area contributed by atoms with Gasteiger partial charge in [-0.2, -0.15) is 0 Å². The lowest BCUT2D eigenvalue weighted by Crippen LogP contribution is -2.26. The van der Waals surface area contributed by atoms with E-state index in [4.69, 9.17) is 5.73 Å². The Balaban J connectivity index is 1.60. The second kappa shape index (κ2) is 4.88. The van der Waals surface area contributed by atoms with Crippen LogP contribution >= 0.6 is 22.6 Å². The predicted octanol–water partition coefficient (Wildman–Crippen LogP) is 3.60. The van der Waals surface area contributed by atoms with E-state index in [1.54, 1.807) is 0 Å². The Kier molecular flexibility index (Phi) is 3.44. The van der Waals surface area contributed by atoms with Crippen molar-refractivity contribution < 1.29 is 0 Å². The number of hydrogen-bond acceptors (Lipinski definition) is 1. The maximum atomic E-state index is 6.41. The summed E-state index contributed by atoms with van der Waals surface area (Å²) in [4.78, 5) is 0. The first kappa shape index (κ1) is 12.0. The Morgan fingerprint density at radius 3 is 2.29 bits per heavy atom. The average Bonchev–Trinajstić information content (AvgIpc) is 3.06. The van der Waals surface area contributed by atoms with Gasteiger partial charge >= 0.3 is 0 Å². The highest BCUT2D eigenvalue weighted by Gasteiger charge is 2.52. The van der Waals surface area contributed by atoms with Crippen molar-refractivity contribution >= 4 is 22.6 Å². The minimum atomic E-state index is 0.392. The molecule has 0 bridgehead atoms. The van der Waals surface area contributed by atoms with Crippen LogP contribution in [0.4, 0.5) is 0 Å². The van der Waals surface area contributed by atoms with Gasteiger partial charge in [0.25, 0.3) is 0 Å². The molecule has 2 fully saturated rings. The number of rotatable bonds is 3. The van der Waals surface area contributed by atoms with Crippen LogP contribution in [-0.4, -0.2) is 6.04 Å². The summed E-state index contributed by atoms with van der Waals surface area (Å²) in [7, 11) is 0. The molecular weight excluding hydrogens is 321 g/mol. The quantitative estimate of drug-likeness (QED) is 0.836. The van der Waals surface area contributed by atoms with Crippen LogP contribution < -0.4 is 5.73 Å². The molecule has 0 heterocycles. The third-order valence-corrected chi connectivity index (χ3v) is 5.32. The Morgan fingerprint density at radius 2 is 1.71 bits per heavy atom. The van der Waals surface area contributed by atoms with Gasteiger partial charge in [0.15, 0.2) is 0 Å². The first-order valence-corrected chi connectivity index (χ1v) is 7.83. The van der Waals surface area contributed by atoms with E-state index in [-0.39, 0.29) is 0 Å². The summed E-state index contributed by atoms with van der Waals surface area (Å²) in [6, 6.07) is 9.22. The van der Waals surface area contributed by atoms with Crippen LogP contribution in [0.3, 0.4) is 0 Å². The van der Waals surface area contributed by atoms with Crippen LogP contribution in [0.2, 0.25) is 0 Å². The van der Waals surface area contributed by atoms with E-state index in [1.165, 1.54) is 34.8 Å². The van der Waals surface area contributed by atoms with Gasteiger partial charge < -0.3 is 5.73 Å². The van der Waals surface area contributed by atoms with Gasteiger partial charge in [0.1, 0.15) is 0 Å². The smallest absolute Gasteiger partial charge is 0.0130 e. The third kappa shape index (κ3) is 2.53. The molecule has 3 atom stereocenters. The van der Waals surface area contributed by atoms with E-state index >= 15 is 0 Å². The Bertz CT molecular complexity index is 374. The zero-order chi connectivity index (χ0) is 11.8. The van der Waals surface area contributed by atoms with Gasteiger partial charge in [0, 0.05) is 9.61 Å². The molecule has 3 unspecified atom stereocenters. The molecule has 0 spiro atoms. The van der Waals surface area contributed by atoms with Crippen molar-refractivity contribution in [1.29, 1.82) is 0 Å². The molecule has 2 heteroatoms. The molecule has 0 amide bonds. The average molecular weight is 341 g/mol. The van der Waals surface area contributed by atoms with Gasteiger partial charge in [-0.3, -0.25) is 0 Å². The topological polar surface area (TPSA) is 26.0 Å². The largest absolute Gasteiger partial charge is 0.327 e. The van der Waals surface area contributed by atoms with Crippen LogP contribution in [0.5, 0.6) is 0 Å². The number of hydrogen-bond donors (Lipinski definition) is 1. The molecule has 92 valence electrons. The zero-order valence-corrected chi connectivity index (χ0v) is 12.3. The Labute approximate surface area is 117 Å². The van der Waals surface area contributed by atoms with Crippen molar-refractivity contribution in [1.82, 2.24) is 0 Å². The number of nitrogens with two attached hydrogens (primary N) is 1. The first-order chi connectivity index (χ1) is 8.25. The molecule has 2 aliphatic rings. The van der Waals surface area contributed by atoms with E-state index in [0.717, 1.165) is 24.2 Å². The van der Waals surface area contributed by atoms with Crippen molar-refractivity contribution in [3.05, 3.63) is 33.4 Å². The maximum absolute atomic E-state index is 6.41. The lowest BCUT2D eigenvalue weighted by atomic mass is 10.0. The summed E-state index contributed by atoms with van der Waals surface area (Å²) >= 11 is 2.35. The van der Waals surface area contributed by atoms with Crippen LogP contribution in [0, 0.1) is 21.3 Å². The van der Waals surface area contributed by atoms with Crippen molar-refractivity contribution in [2.45, 2.75) is 38.1 Å². The minimum Gasteiger partial charge on any atom is -0.327 e. The highest BCUT2D eigenvalue weighted by molar-refractivity contribution is 14.1. The Hall–Kier alpha value is -0.0900. The fourth-order valence-electron chi connectivity index (χ4n) is 3.71. The van der Waals surface area contributed by atoms with E-state index < -0.39 is 0 Å². The van der Waals surface area contributed by atoms with Gasteiger partial charge in [-0.1, -0.05) is 25.0 Å². The van der Waals surface area contributed by atoms with Crippen molar-refractivity contribution in [3.8, 4) is 0 Å². The molecule has 2 saturated carbocycles.